The highest BCUT2D eigenvalue weighted by Gasteiger charge is 2.33. The molecular weight excluding hydrogens is 368 g/mol. The van der Waals surface area contributed by atoms with Crippen LogP contribution in [0.2, 0.25) is 0 Å². The molecule has 3 heterocycles. The molecule has 0 spiro atoms. The number of carbonyl (C=O) groups excluding carboxylic acids is 2. The number of para-hydroxylation sites is 1. The highest BCUT2D eigenvalue weighted by molar-refractivity contribution is 5.81. The van der Waals surface area contributed by atoms with Crippen molar-refractivity contribution in [2.75, 3.05) is 32.8 Å². The van der Waals surface area contributed by atoms with Crippen molar-refractivity contribution in [3.05, 3.63) is 23.8 Å². The van der Waals surface area contributed by atoms with E-state index in [1.165, 1.54) is 6.42 Å². The molecule has 0 N–H and O–H groups in total. The minimum atomic E-state index is -0.241. The Morgan fingerprint density at radius 1 is 1.07 bits per heavy atom. The number of piperidine rings is 2. The van der Waals surface area contributed by atoms with Gasteiger partial charge in [0.05, 0.1) is 0 Å². The lowest BCUT2D eigenvalue weighted by atomic mass is 9.94. The summed E-state index contributed by atoms with van der Waals surface area (Å²) in [5.41, 5.74) is 0.881. The van der Waals surface area contributed by atoms with Crippen LogP contribution in [0.15, 0.2) is 18.2 Å². The molecule has 6 heteroatoms. The predicted molar refractivity (Wildman–Crippen MR) is 110 cm³/mol. The number of benzene rings is 1. The quantitative estimate of drug-likeness (QED) is 0.780. The van der Waals surface area contributed by atoms with Gasteiger partial charge in [-0.15, -0.1) is 0 Å². The summed E-state index contributed by atoms with van der Waals surface area (Å²) in [5.74, 6) is 1.72. The standard InChI is InChI=1S/C23H32N2O4/c1-23(2)15-18-7-6-8-19(21(18)29-23)28-16-20(26)24-13-9-17(10-14-24)22(27)25-11-4-3-5-12-25/h6-8,17H,3-5,9-16H2,1-2H3. The van der Waals surface area contributed by atoms with Crippen LogP contribution in [-0.4, -0.2) is 60.0 Å². The molecule has 0 radical (unpaired) electrons. The molecule has 1 aromatic carbocycles. The van der Waals surface area contributed by atoms with Crippen molar-refractivity contribution in [3.63, 3.8) is 0 Å². The summed E-state index contributed by atoms with van der Waals surface area (Å²) in [6.45, 7) is 7.16. The van der Waals surface area contributed by atoms with E-state index >= 15 is 0 Å². The van der Waals surface area contributed by atoms with Crippen molar-refractivity contribution in [2.45, 2.75) is 58.0 Å². The van der Waals surface area contributed by atoms with E-state index in [2.05, 4.69) is 13.8 Å². The Morgan fingerprint density at radius 2 is 1.79 bits per heavy atom. The number of nitrogens with zero attached hydrogens (tertiary/aromatic N) is 2. The van der Waals surface area contributed by atoms with E-state index in [1.54, 1.807) is 0 Å². The van der Waals surface area contributed by atoms with E-state index in [1.807, 2.05) is 28.0 Å². The molecule has 0 saturated carbocycles. The first kappa shape index (κ1) is 20.0. The van der Waals surface area contributed by atoms with Crippen LogP contribution in [0.4, 0.5) is 0 Å². The molecule has 3 aliphatic rings. The molecule has 6 nitrogen and oxygen atoms in total. The van der Waals surface area contributed by atoms with Crippen molar-refractivity contribution in [1.82, 2.24) is 9.80 Å². The molecule has 158 valence electrons. The molecular formula is C23H32N2O4. The molecule has 4 rings (SSSR count). The smallest absolute Gasteiger partial charge is 0.260 e. The van der Waals surface area contributed by atoms with Gasteiger partial charge in [0.1, 0.15) is 5.60 Å². The first-order chi connectivity index (χ1) is 13.9. The highest BCUT2D eigenvalue weighted by atomic mass is 16.5. The monoisotopic (exact) mass is 400 g/mol. The Balaban J connectivity index is 1.27. The summed E-state index contributed by atoms with van der Waals surface area (Å²) in [6.07, 6.45) is 5.79. The number of amides is 2. The van der Waals surface area contributed by atoms with Gasteiger partial charge in [0.2, 0.25) is 5.91 Å². The van der Waals surface area contributed by atoms with Crippen LogP contribution in [-0.2, 0) is 16.0 Å². The van der Waals surface area contributed by atoms with Gasteiger partial charge in [0.25, 0.3) is 5.91 Å². The summed E-state index contributed by atoms with van der Waals surface area (Å²) in [7, 11) is 0. The fourth-order valence-electron chi connectivity index (χ4n) is 4.68. The maximum absolute atomic E-state index is 12.7. The Kier molecular flexibility index (Phi) is 5.70. The van der Waals surface area contributed by atoms with Gasteiger partial charge >= 0.3 is 0 Å². The summed E-state index contributed by atoms with van der Waals surface area (Å²) >= 11 is 0. The lowest BCUT2D eigenvalue weighted by molar-refractivity contribution is -0.142. The fraction of sp³-hybridized carbons (Fsp3) is 0.652. The van der Waals surface area contributed by atoms with Gasteiger partial charge in [-0.25, -0.2) is 0 Å². The maximum Gasteiger partial charge on any atom is 0.260 e. The van der Waals surface area contributed by atoms with E-state index in [0.717, 1.165) is 56.5 Å². The second kappa shape index (κ2) is 8.25. The number of likely N-dealkylation sites (tertiary alicyclic amines) is 2. The lowest BCUT2D eigenvalue weighted by Gasteiger charge is -2.35. The molecule has 29 heavy (non-hydrogen) atoms. The average molecular weight is 401 g/mol. The molecule has 1 aromatic rings. The van der Waals surface area contributed by atoms with Crippen molar-refractivity contribution < 1.29 is 19.1 Å². The van der Waals surface area contributed by atoms with Gasteiger partial charge in [0.15, 0.2) is 18.1 Å². The molecule has 2 amide bonds. The predicted octanol–water partition coefficient (Wildman–Crippen LogP) is 3.03. The Bertz CT molecular complexity index is 762. The maximum atomic E-state index is 12.7. The molecule has 2 saturated heterocycles. The van der Waals surface area contributed by atoms with Gasteiger partial charge in [-0.2, -0.15) is 0 Å². The largest absolute Gasteiger partial charge is 0.483 e. The summed E-state index contributed by atoms with van der Waals surface area (Å²) < 4.78 is 11.8. The minimum Gasteiger partial charge on any atom is -0.483 e. The van der Waals surface area contributed by atoms with Crippen molar-refractivity contribution >= 4 is 11.8 Å². The number of fused-ring (bicyclic) bond motifs is 1. The fourth-order valence-corrected chi connectivity index (χ4v) is 4.68. The van der Waals surface area contributed by atoms with Crippen LogP contribution in [0, 0.1) is 5.92 Å². The zero-order chi connectivity index (χ0) is 20.4. The van der Waals surface area contributed by atoms with Crippen LogP contribution in [0.1, 0.15) is 51.5 Å². The van der Waals surface area contributed by atoms with Crippen LogP contribution >= 0.6 is 0 Å². The van der Waals surface area contributed by atoms with Crippen LogP contribution in [0.5, 0.6) is 11.5 Å². The van der Waals surface area contributed by atoms with E-state index in [9.17, 15) is 9.59 Å². The SMILES string of the molecule is CC1(C)Cc2cccc(OCC(=O)N3CCC(C(=O)N4CCCCC4)CC3)c2O1. The normalized spacial score (nSPS) is 21.4. The number of carbonyl (C=O) groups is 2. The number of rotatable bonds is 4. The Morgan fingerprint density at radius 3 is 2.52 bits per heavy atom. The van der Waals surface area contributed by atoms with Gasteiger partial charge < -0.3 is 19.3 Å². The van der Waals surface area contributed by atoms with Gasteiger partial charge in [0, 0.05) is 44.1 Å². The first-order valence-electron chi connectivity index (χ1n) is 10.9. The van der Waals surface area contributed by atoms with E-state index in [0.29, 0.717) is 18.8 Å². The van der Waals surface area contributed by atoms with Crippen LogP contribution in [0.25, 0.3) is 0 Å². The molecule has 2 fully saturated rings. The molecule has 0 atom stereocenters. The van der Waals surface area contributed by atoms with Gasteiger partial charge in [-0.05, 0) is 52.0 Å². The number of hydrogen-bond acceptors (Lipinski definition) is 4. The highest BCUT2D eigenvalue weighted by Crippen LogP contribution is 2.41. The van der Waals surface area contributed by atoms with Crippen molar-refractivity contribution in [3.8, 4) is 11.5 Å². The molecule has 0 aromatic heterocycles. The second-order valence-corrected chi connectivity index (χ2v) is 9.11. The Hall–Kier alpha value is -2.24. The molecule has 0 bridgehead atoms. The summed E-state index contributed by atoms with van der Waals surface area (Å²) in [4.78, 5) is 29.2. The summed E-state index contributed by atoms with van der Waals surface area (Å²) in [5, 5.41) is 0. The third kappa shape index (κ3) is 4.51. The zero-order valence-electron chi connectivity index (χ0n) is 17.6. The van der Waals surface area contributed by atoms with Crippen molar-refractivity contribution in [1.29, 1.82) is 0 Å². The van der Waals surface area contributed by atoms with Crippen molar-refractivity contribution in [2.24, 2.45) is 5.92 Å². The lowest BCUT2D eigenvalue weighted by Crippen LogP contribution is -2.46. The van der Waals surface area contributed by atoms with Gasteiger partial charge in [-0.1, -0.05) is 12.1 Å². The van der Waals surface area contributed by atoms with Gasteiger partial charge in [-0.3, -0.25) is 9.59 Å². The van der Waals surface area contributed by atoms with E-state index in [4.69, 9.17) is 9.47 Å². The molecule has 0 aliphatic carbocycles. The number of hydrogen-bond donors (Lipinski definition) is 0. The zero-order valence-corrected chi connectivity index (χ0v) is 17.6. The van der Waals surface area contributed by atoms with E-state index < -0.39 is 0 Å². The van der Waals surface area contributed by atoms with Crippen LogP contribution < -0.4 is 9.47 Å². The molecule has 3 aliphatic heterocycles. The third-order valence-corrected chi connectivity index (χ3v) is 6.27. The Labute approximate surface area is 173 Å². The van der Waals surface area contributed by atoms with Crippen LogP contribution in [0.3, 0.4) is 0 Å². The molecule has 0 unspecified atom stereocenters. The van der Waals surface area contributed by atoms with E-state index in [-0.39, 0.29) is 29.9 Å². The topological polar surface area (TPSA) is 59.1 Å². The first-order valence-corrected chi connectivity index (χ1v) is 10.9. The average Bonchev–Trinajstić information content (AvgIpc) is 3.06. The summed E-state index contributed by atoms with van der Waals surface area (Å²) in [6, 6.07) is 5.85. The number of ether oxygens (including phenoxy) is 2. The third-order valence-electron chi connectivity index (χ3n) is 6.27. The second-order valence-electron chi connectivity index (χ2n) is 9.11. The minimum absolute atomic E-state index is 0.00494.